The van der Waals surface area contributed by atoms with E-state index in [2.05, 4.69) is 20.7 Å². The van der Waals surface area contributed by atoms with E-state index in [1.807, 2.05) is 38.1 Å². The molecule has 6 nitrogen and oxygen atoms in total. The number of aromatic nitrogens is 2. The Bertz CT molecular complexity index is 657. The number of H-pyrrole nitrogens is 1. The van der Waals surface area contributed by atoms with Crippen molar-refractivity contribution < 1.29 is 9.53 Å². The van der Waals surface area contributed by atoms with Crippen LogP contribution < -0.4 is 10.2 Å². The minimum Gasteiger partial charge on any atom is -0.496 e. The van der Waals surface area contributed by atoms with Crippen molar-refractivity contribution in [1.29, 1.82) is 0 Å². The van der Waals surface area contributed by atoms with Crippen molar-refractivity contribution in [2.45, 2.75) is 26.7 Å². The highest BCUT2D eigenvalue weighted by Crippen LogP contribution is 2.14. The topological polar surface area (TPSA) is 79.4 Å². The molecule has 116 valence electrons. The Balaban J connectivity index is 1.86. The van der Waals surface area contributed by atoms with Crippen LogP contribution in [-0.4, -0.2) is 29.4 Å². The number of carbonyl (C=O) groups excluding carboxylic acids is 1. The number of aryl methyl sites for hydroxylation is 2. The Morgan fingerprint density at radius 3 is 2.86 bits per heavy atom. The van der Waals surface area contributed by atoms with Crippen LogP contribution in [0.5, 0.6) is 5.75 Å². The highest BCUT2D eigenvalue weighted by Gasteiger charge is 2.08. The van der Waals surface area contributed by atoms with Crippen molar-refractivity contribution in [3.8, 4) is 5.75 Å². The second kappa shape index (κ2) is 7.40. The summed E-state index contributed by atoms with van der Waals surface area (Å²) in [6.07, 6.45) is 2.58. The number of nitrogens with zero attached hydrogens (tertiary/aromatic N) is 2. The van der Waals surface area contributed by atoms with E-state index in [-0.39, 0.29) is 5.91 Å². The van der Waals surface area contributed by atoms with Crippen molar-refractivity contribution in [3.05, 3.63) is 46.8 Å². The van der Waals surface area contributed by atoms with E-state index in [9.17, 15) is 4.79 Å². The van der Waals surface area contributed by atoms with Crippen molar-refractivity contribution in [2.24, 2.45) is 5.10 Å². The van der Waals surface area contributed by atoms with Gasteiger partial charge in [-0.25, -0.2) is 5.43 Å². The van der Waals surface area contributed by atoms with Gasteiger partial charge in [0.1, 0.15) is 5.75 Å². The van der Waals surface area contributed by atoms with Gasteiger partial charge in [-0.2, -0.15) is 10.2 Å². The molecule has 0 saturated carbocycles. The first-order chi connectivity index (χ1) is 10.6. The molecule has 2 N–H and O–H groups in total. The molecule has 2 rings (SSSR count). The number of ether oxygens (including phenoxy) is 1. The van der Waals surface area contributed by atoms with Crippen LogP contribution in [0.2, 0.25) is 0 Å². The fourth-order valence-corrected chi connectivity index (χ4v) is 2.18. The SMILES string of the molecule is COc1ccccc1C=NNC(=O)CCc1c(C)n[nH]c1C. The largest absolute Gasteiger partial charge is 0.496 e. The van der Waals surface area contributed by atoms with Gasteiger partial charge in [0, 0.05) is 17.7 Å². The first-order valence-corrected chi connectivity index (χ1v) is 7.07. The molecule has 1 aromatic heterocycles. The average Bonchev–Trinajstić information content (AvgIpc) is 2.84. The molecule has 0 aliphatic rings. The molecule has 0 saturated heterocycles. The Hall–Kier alpha value is -2.63. The number of hydrogen-bond donors (Lipinski definition) is 2. The number of carbonyl (C=O) groups is 1. The molecule has 0 bridgehead atoms. The third-order valence-electron chi connectivity index (χ3n) is 3.41. The van der Waals surface area contributed by atoms with Crippen LogP contribution in [-0.2, 0) is 11.2 Å². The summed E-state index contributed by atoms with van der Waals surface area (Å²) in [5.74, 6) is 0.580. The van der Waals surface area contributed by atoms with Gasteiger partial charge in [-0.05, 0) is 38.0 Å². The molecule has 0 atom stereocenters. The molecule has 0 aliphatic heterocycles. The molecule has 0 radical (unpaired) electrons. The fourth-order valence-electron chi connectivity index (χ4n) is 2.18. The van der Waals surface area contributed by atoms with E-state index in [0.29, 0.717) is 18.6 Å². The molecule has 0 unspecified atom stereocenters. The zero-order valence-electron chi connectivity index (χ0n) is 13.0. The summed E-state index contributed by atoms with van der Waals surface area (Å²) >= 11 is 0. The van der Waals surface area contributed by atoms with E-state index in [0.717, 1.165) is 22.5 Å². The Labute approximate surface area is 129 Å². The van der Waals surface area contributed by atoms with Gasteiger partial charge in [0.2, 0.25) is 5.91 Å². The maximum Gasteiger partial charge on any atom is 0.240 e. The van der Waals surface area contributed by atoms with E-state index in [4.69, 9.17) is 4.74 Å². The van der Waals surface area contributed by atoms with E-state index < -0.39 is 0 Å². The minimum absolute atomic E-state index is 0.133. The number of aromatic amines is 1. The van der Waals surface area contributed by atoms with Gasteiger partial charge in [0.15, 0.2) is 0 Å². The lowest BCUT2D eigenvalue weighted by molar-refractivity contribution is -0.121. The number of nitrogens with one attached hydrogen (secondary N) is 2. The van der Waals surface area contributed by atoms with Crippen molar-refractivity contribution >= 4 is 12.1 Å². The smallest absolute Gasteiger partial charge is 0.240 e. The summed E-state index contributed by atoms with van der Waals surface area (Å²) < 4.78 is 5.21. The molecule has 22 heavy (non-hydrogen) atoms. The summed E-state index contributed by atoms with van der Waals surface area (Å²) in [5, 5.41) is 11.0. The molecular weight excluding hydrogens is 280 g/mol. The number of hydrogen-bond acceptors (Lipinski definition) is 4. The fraction of sp³-hybridized carbons (Fsp3) is 0.312. The number of para-hydroxylation sites is 1. The second-order valence-corrected chi connectivity index (χ2v) is 4.95. The number of hydrazone groups is 1. The maximum atomic E-state index is 11.8. The van der Waals surface area contributed by atoms with Crippen molar-refractivity contribution in [1.82, 2.24) is 15.6 Å². The molecule has 6 heteroatoms. The predicted molar refractivity (Wildman–Crippen MR) is 85.1 cm³/mol. The molecular formula is C16H20N4O2. The lowest BCUT2D eigenvalue weighted by Gasteiger charge is -2.03. The highest BCUT2D eigenvalue weighted by molar-refractivity contribution is 5.85. The highest BCUT2D eigenvalue weighted by atomic mass is 16.5. The van der Waals surface area contributed by atoms with Crippen LogP contribution in [0, 0.1) is 13.8 Å². The van der Waals surface area contributed by atoms with Gasteiger partial charge < -0.3 is 4.74 Å². The summed E-state index contributed by atoms with van der Waals surface area (Å²) in [4.78, 5) is 11.8. The van der Waals surface area contributed by atoms with Gasteiger partial charge >= 0.3 is 0 Å². The number of amides is 1. The van der Waals surface area contributed by atoms with Crippen molar-refractivity contribution in [2.75, 3.05) is 7.11 Å². The quantitative estimate of drug-likeness (QED) is 0.633. The van der Waals surface area contributed by atoms with Crippen molar-refractivity contribution in [3.63, 3.8) is 0 Å². The zero-order valence-corrected chi connectivity index (χ0v) is 13.0. The molecule has 0 aliphatic carbocycles. The summed E-state index contributed by atoms with van der Waals surface area (Å²) in [6.45, 7) is 3.88. The molecule has 0 fully saturated rings. The van der Waals surface area contributed by atoms with E-state index in [1.54, 1.807) is 13.3 Å². The van der Waals surface area contributed by atoms with E-state index in [1.165, 1.54) is 0 Å². The van der Waals surface area contributed by atoms with Gasteiger partial charge in [0.05, 0.1) is 19.0 Å². The van der Waals surface area contributed by atoms with Crippen LogP contribution in [0.25, 0.3) is 0 Å². The third kappa shape index (κ3) is 3.94. The minimum atomic E-state index is -0.133. The number of benzene rings is 1. The van der Waals surface area contributed by atoms with Crippen LogP contribution >= 0.6 is 0 Å². The summed E-state index contributed by atoms with van der Waals surface area (Å²) in [7, 11) is 1.60. The molecule has 1 aromatic carbocycles. The maximum absolute atomic E-state index is 11.8. The van der Waals surface area contributed by atoms with Gasteiger partial charge in [-0.1, -0.05) is 12.1 Å². The van der Waals surface area contributed by atoms with Crippen LogP contribution in [0.3, 0.4) is 0 Å². The molecule has 2 aromatic rings. The number of rotatable bonds is 6. The van der Waals surface area contributed by atoms with E-state index >= 15 is 0 Å². The summed E-state index contributed by atoms with van der Waals surface area (Å²) in [6, 6.07) is 7.47. The predicted octanol–water partition coefficient (Wildman–Crippen LogP) is 2.12. The zero-order chi connectivity index (χ0) is 15.9. The average molecular weight is 300 g/mol. The second-order valence-electron chi connectivity index (χ2n) is 4.95. The standard InChI is InChI=1S/C16H20N4O2/c1-11-14(12(2)19-18-11)8-9-16(21)20-17-10-13-6-4-5-7-15(13)22-3/h4-7,10H,8-9H2,1-3H3,(H,18,19)(H,20,21). The first-order valence-electron chi connectivity index (χ1n) is 7.07. The molecule has 1 heterocycles. The van der Waals surface area contributed by atoms with Crippen LogP contribution in [0.4, 0.5) is 0 Å². The Morgan fingerprint density at radius 2 is 2.18 bits per heavy atom. The lowest BCUT2D eigenvalue weighted by atomic mass is 10.1. The Morgan fingerprint density at radius 1 is 1.41 bits per heavy atom. The van der Waals surface area contributed by atoms with Crippen LogP contribution in [0.1, 0.15) is 28.9 Å². The summed E-state index contributed by atoms with van der Waals surface area (Å²) in [5.41, 5.74) is 6.36. The van der Waals surface area contributed by atoms with Gasteiger partial charge in [-0.15, -0.1) is 0 Å². The molecule has 0 spiro atoms. The monoisotopic (exact) mass is 300 g/mol. The number of methoxy groups -OCH3 is 1. The van der Waals surface area contributed by atoms with Gasteiger partial charge in [0.25, 0.3) is 0 Å². The first kappa shape index (κ1) is 15.8. The normalized spacial score (nSPS) is 10.9. The van der Waals surface area contributed by atoms with Crippen LogP contribution in [0.15, 0.2) is 29.4 Å². The van der Waals surface area contributed by atoms with Gasteiger partial charge in [-0.3, -0.25) is 9.89 Å². The third-order valence-corrected chi connectivity index (χ3v) is 3.41. The Kier molecular flexibility index (Phi) is 5.30. The lowest BCUT2D eigenvalue weighted by Crippen LogP contribution is -2.18. The molecule has 1 amide bonds.